The second-order valence-corrected chi connectivity index (χ2v) is 6.74. The molecule has 0 radical (unpaired) electrons. The van der Waals surface area contributed by atoms with Gasteiger partial charge in [-0.3, -0.25) is 0 Å². The van der Waals surface area contributed by atoms with Crippen molar-refractivity contribution in [3.63, 3.8) is 0 Å². The first kappa shape index (κ1) is 14.8. The van der Waals surface area contributed by atoms with Crippen LogP contribution in [0, 0.1) is 0 Å². The van der Waals surface area contributed by atoms with Gasteiger partial charge in [0.1, 0.15) is 0 Å². The number of nitrogens with one attached hydrogen (secondary N) is 2. The van der Waals surface area contributed by atoms with Crippen LogP contribution in [0.5, 0.6) is 0 Å². The highest BCUT2D eigenvalue weighted by Crippen LogP contribution is 2.19. The minimum absolute atomic E-state index is 0.402. The molecule has 2 N–H and O–H groups in total. The highest BCUT2D eigenvalue weighted by molar-refractivity contribution is 7.80. The van der Waals surface area contributed by atoms with Crippen LogP contribution in [-0.4, -0.2) is 10.1 Å². The quantitative estimate of drug-likeness (QED) is 0.551. The Bertz CT molecular complexity index is 809. The van der Waals surface area contributed by atoms with Crippen LogP contribution in [0.3, 0.4) is 0 Å². The summed E-state index contributed by atoms with van der Waals surface area (Å²) in [6.07, 6.45) is 0. The van der Waals surface area contributed by atoms with Crippen molar-refractivity contribution in [3.8, 4) is 0 Å². The summed E-state index contributed by atoms with van der Waals surface area (Å²) in [6, 6.07) is 19.6. The molecule has 0 aliphatic rings. The molecule has 3 aromatic rings. The summed E-state index contributed by atoms with van der Waals surface area (Å²) >= 11 is 5.23. The SMILES string of the molecule is S=C(/N=c1\nc(Nc2ccccc2)ss1)Nc1ccccc1. The van der Waals surface area contributed by atoms with Gasteiger partial charge in [0.15, 0.2) is 10.2 Å². The van der Waals surface area contributed by atoms with E-state index in [0.29, 0.717) is 9.91 Å². The van der Waals surface area contributed by atoms with E-state index in [4.69, 9.17) is 12.2 Å². The predicted octanol–water partition coefficient (Wildman–Crippen LogP) is 4.25. The Balaban J connectivity index is 1.69. The van der Waals surface area contributed by atoms with Gasteiger partial charge in [-0.15, -0.1) is 0 Å². The predicted molar refractivity (Wildman–Crippen MR) is 97.9 cm³/mol. The highest BCUT2D eigenvalue weighted by atomic mass is 32.9. The second-order valence-electron chi connectivity index (χ2n) is 4.27. The molecule has 0 aliphatic heterocycles. The van der Waals surface area contributed by atoms with Crippen molar-refractivity contribution in [1.82, 2.24) is 4.98 Å². The molecule has 0 saturated heterocycles. The van der Waals surface area contributed by atoms with Gasteiger partial charge in [0, 0.05) is 11.4 Å². The van der Waals surface area contributed by atoms with Gasteiger partial charge in [-0.1, -0.05) is 36.4 Å². The van der Waals surface area contributed by atoms with Crippen molar-refractivity contribution in [2.75, 3.05) is 10.6 Å². The van der Waals surface area contributed by atoms with Crippen LogP contribution in [0.4, 0.5) is 16.5 Å². The molecule has 0 amide bonds. The molecule has 1 heterocycles. The summed E-state index contributed by atoms with van der Waals surface area (Å²) in [5, 5.41) is 7.51. The van der Waals surface area contributed by atoms with E-state index in [1.165, 1.54) is 20.7 Å². The van der Waals surface area contributed by atoms with Crippen LogP contribution >= 0.6 is 32.9 Å². The van der Waals surface area contributed by atoms with Crippen LogP contribution < -0.4 is 15.4 Å². The second kappa shape index (κ2) is 7.26. The number of nitrogens with zero attached hydrogens (tertiary/aromatic N) is 2. The average molecular weight is 344 g/mol. The number of thiocarbonyl (C=S) groups is 1. The maximum absolute atomic E-state index is 5.23. The molecule has 2 aromatic carbocycles. The van der Waals surface area contributed by atoms with E-state index in [1.807, 2.05) is 60.7 Å². The molecule has 0 bridgehead atoms. The van der Waals surface area contributed by atoms with Crippen LogP contribution in [-0.2, 0) is 0 Å². The third-order valence-electron chi connectivity index (χ3n) is 2.64. The summed E-state index contributed by atoms with van der Waals surface area (Å²) in [6.45, 7) is 0. The van der Waals surface area contributed by atoms with E-state index in [9.17, 15) is 0 Å². The topological polar surface area (TPSA) is 49.3 Å². The average Bonchev–Trinajstić information content (AvgIpc) is 2.96. The van der Waals surface area contributed by atoms with E-state index < -0.39 is 0 Å². The minimum Gasteiger partial charge on any atom is -0.331 e. The number of rotatable bonds is 3. The highest BCUT2D eigenvalue weighted by Gasteiger charge is 2.00. The Morgan fingerprint density at radius 1 is 0.909 bits per heavy atom. The first-order valence-electron chi connectivity index (χ1n) is 6.49. The van der Waals surface area contributed by atoms with Gasteiger partial charge >= 0.3 is 0 Å². The van der Waals surface area contributed by atoms with Crippen LogP contribution in [0.2, 0.25) is 0 Å². The van der Waals surface area contributed by atoms with Crippen molar-refractivity contribution < 1.29 is 0 Å². The van der Waals surface area contributed by atoms with Crippen molar-refractivity contribution in [1.29, 1.82) is 0 Å². The third kappa shape index (κ3) is 4.20. The Morgan fingerprint density at radius 2 is 1.55 bits per heavy atom. The molecular weight excluding hydrogens is 332 g/mol. The molecule has 3 rings (SSSR count). The van der Waals surface area contributed by atoms with Gasteiger partial charge in [0.25, 0.3) is 0 Å². The van der Waals surface area contributed by atoms with Crippen LogP contribution in [0.25, 0.3) is 0 Å². The number of hydrogen-bond acceptors (Lipinski definition) is 5. The fraction of sp³-hybridized carbons (Fsp3) is 0. The van der Waals surface area contributed by atoms with E-state index in [0.717, 1.165) is 16.5 Å². The Labute approximate surface area is 140 Å². The van der Waals surface area contributed by atoms with Gasteiger partial charge in [0.05, 0.1) is 0 Å². The summed E-state index contributed by atoms with van der Waals surface area (Å²) in [5.74, 6) is 0. The van der Waals surface area contributed by atoms with Gasteiger partial charge in [0.2, 0.25) is 4.80 Å². The van der Waals surface area contributed by atoms with Crippen molar-refractivity contribution in [2.24, 2.45) is 4.99 Å². The number of aromatic nitrogens is 1. The van der Waals surface area contributed by atoms with Crippen LogP contribution in [0.15, 0.2) is 65.7 Å². The van der Waals surface area contributed by atoms with Gasteiger partial charge < -0.3 is 10.6 Å². The first-order valence-corrected chi connectivity index (χ1v) is 9.05. The Hall–Kier alpha value is -2.09. The molecule has 0 atom stereocenters. The van der Waals surface area contributed by atoms with Gasteiger partial charge in [-0.25, -0.2) is 0 Å². The minimum atomic E-state index is 0.402. The number of anilines is 3. The smallest absolute Gasteiger partial charge is 0.224 e. The zero-order valence-corrected chi connectivity index (χ0v) is 13.8. The Kier molecular flexibility index (Phi) is 4.89. The fourth-order valence-electron chi connectivity index (χ4n) is 1.70. The van der Waals surface area contributed by atoms with Gasteiger partial charge in [-0.2, -0.15) is 9.98 Å². The number of hydrogen-bond donors (Lipinski definition) is 2. The molecule has 4 nitrogen and oxygen atoms in total. The standard InChI is InChI=1S/C15H12N4S3/c20-13(16-11-7-3-1-4-8-11)18-15-19-14(21-22-15)17-12-9-5-2-6-10-12/h1-10H,(H2,16,17,18,19,20). The molecule has 0 unspecified atom stereocenters. The van der Waals surface area contributed by atoms with Crippen molar-refractivity contribution >= 4 is 54.5 Å². The van der Waals surface area contributed by atoms with Crippen molar-refractivity contribution in [2.45, 2.75) is 0 Å². The van der Waals surface area contributed by atoms with Crippen molar-refractivity contribution in [3.05, 3.63) is 65.5 Å². The maximum Gasteiger partial charge on any atom is 0.224 e. The lowest BCUT2D eigenvalue weighted by Crippen LogP contribution is -2.11. The molecule has 0 saturated carbocycles. The molecule has 0 aliphatic carbocycles. The summed E-state index contributed by atoms with van der Waals surface area (Å²) in [5.41, 5.74) is 1.92. The molecule has 110 valence electrons. The zero-order chi connectivity index (χ0) is 15.2. The largest absolute Gasteiger partial charge is 0.331 e. The number of benzene rings is 2. The summed E-state index contributed by atoms with van der Waals surface area (Å²) in [7, 11) is 3.01. The molecule has 0 fully saturated rings. The lowest BCUT2D eigenvalue weighted by atomic mass is 10.3. The molecule has 7 heteroatoms. The maximum atomic E-state index is 5.23. The van der Waals surface area contributed by atoms with E-state index in [1.54, 1.807) is 0 Å². The lowest BCUT2D eigenvalue weighted by molar-refractivity contribution is 1.27. The molecular formula is C15H12N4S3. The zero-order valence-electron chi connectivity index (χ0n) is 11.4. The third-order valence-corrected chi connectivity index (χ3v) is 4.77. The monoisotopic (exact) mass is 344 g/mol. The molecule has 22 heavy (non-hydrogen) atoms. The first-order chi connectivity index (χ1) is 10.8. The van der Waals surface area contributed by atoms with Crippen LogP contribution in [0.1, 0.15) is 0 Å². The van der Waals surface area contributed by atoms with Gasteiger partial charge in [-0.05, 0) is 57.2 Å². The summed E-state index contributed by atoms with van der Waals surface area (Å²) in [4.78, 5) is 9.37. The van der Waals surface area contributed by atoms with E-state index in [2.05, 4.69) is 20.6 Å². The summed E-state index contributed by atoms with van der Waals surface area (Å²) < 4.78 is 0. The van der Waals surface area contributed by atoms with E-state index >= 15 is 0 Å². The molecule has 0 spiro atoms. The number of para-hydroxylation sites is 2. The van der Waals surface area contributed by atoms with E-state index in [-0.39, 0.29) is 0 Å². The lowest BCUT2D eigenvalue weighted by Gasteiger charge is -2.01. The fourth-order valence-corrected chi connectivity index (χ4v) is 3.63. The normalized spacial score (nSPS) is 11.2. The molecule has 1 aromatic heterocycles. The Morgan fingerprint density at radius 3 is 2.23 bits per heavy atom.